The molecular formula is C44H39Cl2F12N11O9. The van der Waals surface area contributed by atoms with E-state index >= 15 is 0 Å². The van der Waals surface area contributed by atoms with E-state index in [0.29, 0.717) is 37.9 Å². The summed E-state index contributed by atoms with van der Waals surface area (Å²) in [6, 6.07) is 21.0. The maximum Gasteiger partial charge on any atom is 0.456 e. The van der Waals surface area contributed by atoms with Gasteiger partial charge in [-0.25, -0.2) is 33.4 Å². The summed E-state index contributed by atoms with van der Waals surface area (Å²) in [5, 5.41) is 57.0. The van der Waals surface area contributed by atoms with Gasteiger partial charge in [0.2, 0.25) is 5.84 Å². The van der Waals surface area contributed by atoms with Crippen molar-refractivity contribution in [3.63, 3.8) is 0 Å². The van der Waals surface area contributed by atoms with E-state index in [9.17, 15) is 82.1 Å². The Morgan fingerprint density at radius 2 is 1.17 bits per heavy atom. The number of esters is 1. The van der Waals surface area contributed by atoms with E-state index in [1.807, 2.05) is 0 Å². The van der Waals surface area contributed by atoms with Crippen molar-refractivity contribution in [2.24, 2.45) is 22.3 Å². The Kier molecular flexibility index (Phi) is 22.1. The van der Waals surface area contributed by atoms with Crippen molar-refractivity contribution in [3.8, 4) is 22.3 Å². The van der Waals surface area contributed by atoms with Gasteiger partial charge in [-0.15, -0.1) is 15.3 Å². The van der Waals surface area contributed by atoms with Crippen LogP contribution in [0.3, 0.4) is 0 Å². The highest BCUT2D eigenvalue weighted by atomic mass is 35.5. The number of azo groups is 1. The van der Waals surface area contributed by atoms with Crippen LogP contribution in [0.25, 0.3) is 22.3 Å². The van der Waals surface area contributed by atoms with Crippen molar-refractivity contribution in [1.29, 1.82) is 0 Å². The number of hydrogen-bond acceptors (Lipinski definition) is 16. The third kappa shape index (κ3) is 18.7. The largest absolute Gasteiger partial charge is 0.479 e. The summed E-state index contributed by atoms with van der Waals surface area (Å²) in [5.74, 6) is -16.6. The predicted molar refractivity (Wildman–Crippen MR) is 246 cm³/mol. The molecule has 4 aromatic carbocycles. The molecule has 20 nitrogen and oxygen atoms in total. The zero-order valence-electron chi connectivity index (χ0n) is 39.3. The first kappa shape index (κ1) is 63.2. The number of hydrogen-bond donors (Lipinski definition) is 6. The third-order valence-electron chi connectivity index (χ3n) is 9.78. The standard InChI is InChI=1S/C22H18ClF6N5O4.C19H18ClFN6O4.C3H3F5O/c23-14-5-6-16(24)15(7-14)13-3-1-12(2-4-13)8-34(33-19(36)18-30-11-31-32-18)9-17(35)20(37)38-10-21(25,26)22(27,28)29;1-26-23-17(22-25-26)18(29)24-27(10-16(28)19(30)31)9-11-2-4-12(5-3-11)14-8-13(20)6-7-15(14)21;4-2(5,1-9)3(6,7)8/h1-7,17,35H,8-11H2,(H,33,36);2-8,16,28H,9-10H2,1H3,(H,24,29)(H,30,31);9H,1H2/t17-;16-;/m11./s1. The molecule has 0 saturated heterocycles. The summed E-state index contributed by atoms with van der Waals surface area (Å²) in [4.78, 5) is 52.4. The summed E-state index contributed by atoms with van der Waals surface area (Å²) < 4.78 is 150. The lowest BCUT2D eigenvalue weighted by Crippen LogP contribution is -2.50. The van der Waals surface area contributed by atoms with Crippen molar-refractivity contribution < 1.29 is 97.0 Å². The van der Waals surface area contributed by atoms with E-state index in [2.05, 4.69) is 46.2 Å². The van der Waals surface area contributed by atoms with Gasteiger partial charge in [-0.3, -0.25) is 20.4 Å². The highest BCUT2D eigenvalue weighted by Gasteiger charge is 2.59. The van der Waals surface area contributed by atoms with Crippen LogP contribution in [0.2, 0.25) is 10.0 Å². The van der Waals surface area contributed by atoms with E-state index in [-0.39, 0.29) is 37.0 Å². The van der Waals surface area contributed by atoms with Crippen LogP contribution in [0.15, 0.2) is 100 Å². The average Bonchev–Trinajstić information content (AvgIpc) is 4.08. The minimum atomic E-state index is -5.96. The number of tetrazole rings is 1. The number of aliphatic carboxylic acids is 1. The predicted octanol–water partition coefficient (Wildman–Crippen LogP) is 6.34. The Morgan fingerprint density at radius 1 is 0.705 bits per heavy atom. The molecule has 2 atom stereocenters. The molecule has 1 aliphatic rings. The highest BCUT2D eigenvalue weighted by molar-refractivity contribution is 6.38. The Hall–Kier alpha value is -7.36. The second kappa shape index (κ2) is 27.3. The number of carbonyl (C=O) groups is 4. The second-order valence-corrected chi connectivity index (χ2v) is 16.7. The number of aryl methyl sites for hydroxylation is 1. The van der Waals surface area contributed by atoms with Gasteiger partial charge in [-0.05, 0) is 63.9 Å². The molecule has 0 unspecified atom stereocenters. The number of amidine groups is 1. The van der Waals surface area contributed by atoms with Gasteiger partial charge in [0.05, 0.1) is 20.1 Å². The van der Waals surface area contributed by atoms with Crippen LogP contribution in [0.4, 0.5) is 52.7 Å². The molecule has 0 fully saturated rings. The van der Waals surface area contributed by atoms with E-state index in [0.717, 1.165) is 9.81 Å². The summed E-state index contributed by atoms with van der Waals surface area (Å²) >= 11 is 11.9. The summed E-state index contributed by atoms with van der Waals surface area (Å²) in [5.41, 5.74) is 7.46. The zero-order chi connectivity index (χ0) is 58.3. The van der Waals surface area contributed by atoms with E-state index in [4.69, 9.17) is 33.4 Å². The van der Waals surface area contributed by atoms with Crippen LogP contribution in [0, 0.1) is 11.6 Å². The van der Waals surface area contributed by atoms with E-state index < -0.39 is 98.1 Å². The maximum absolute atomic E-state index is 14.2. The number of benzene rings is 4. The lowest BCUT2D eigenvalue weighted by molar-refractivity contribution is -0.294. The number of alkyl halides is 10. The zero-order valence-corrected chi connectivity index (χ0v) is 40.8. The number of halogens is 14. The second-order valence-electron chi connectivity index (χ2n) is 15.8. The molecule has 5 aromatic rings. The third-order valence-corrected chi connectivity index (χ3v) is 10.3. The lowest BCUT2D eigenvalue weighted by Gasteiger charge is -2.25. The topological polar surface area (TPSA) is 270 Å². The maximum atomic E-state index is 14.2. The number of aliphatic hydroxyl groups excluding tert-OH is 3. The van der Waals surface area contributed by atoms with E-state index in [1.165, 1.54) is 72.7 Å². The van der Waals surface area contributed by atoms with Crippen molar-refractivity contribution in [2.75, 3.05) is 33.0 Å². The molecule has 0 aliphatic carbocycles. The molecule has 2 heterocycles. The quantitative estimate of drug-likeness (QED) is 0.0299. The fourth-order valence-electron chi connectivity index (χ4n) is 5.86. The summed E-state index contributed by atoms with van der Waals surface area (Å²) in [7, 11) is 1.49. The average molecular weight is 1160 g/mol. The number of nitrogens with zero attached hydrogens (tertiary/aromatic N) is 9. The Labute approximate surface area is 440 Å². The van der Waals surface area contributed by atoms with Crippen molar-refractivity contribution in [2.45, 2.75) is 49.5 Å². The van der Waals surface area contributed by atoms with Crippen LogP contribution in [0.5, 0.6) is 0 Å². The fourth-order valence-corrected chi connectivity index (χ4v) is 6.21. The number of hydrazine groups is 2. The van der Waals surface area contributed by atoms with Gasteiger partial charge in [0.15, 0.2) is 25.5 Å². The van der Waals surface area contributed by atoms with Gasteiger partial charge >= 0.3 is 48.0 Å². The van der Waals surface area contributed by atoms with Crippen molar-refractivity contribution >= 4 is 52.8 Å². The Balaban J connectivity index is 0.000000295. The molecule has 6 N–H and O–H groups in total. The molecule has 34 heteroatoms. The number of carboxylic acid groups (broad SMARTS) is 1. The van der Waals surface area contributed by atoms with Crippen molar-refractivity contribution in [1.82, 2.24) is 41.1 Å². The normalized spacial score (nSPS) is 13.4. The highest BCUT2D eigenvalue weighted by Crippen LogP contribution is 2.36. The van der Waals surface area contributed by atoms with Crippen LogP contribution >= 0.6 is 23.2 Å². The number of aromatic nitrogens is 4. The monoisotopic (exact) mass is 1160 g/mol. The SMILES string of the molecule is Cn1nnc(C(=O)NN(Cc2ccc(-c3cc(Cl)ccc3F)cc2)C[C@@H](O)C(=O)O)n1.O=C(NN(Cc1ccc(-c2cc(Cl)ccc2F)cc1)C[C@@H](O)C(=O)OCC(F)(F)C(F)(F)F)C1=NCN=N1.OCC(F)(F)C(F)(F)F. The molecule has 422 valence electrons. The molecule has 2 amide bonds. The molecule has 0 radical (unpaired) electrons. The molecular weight excluding hydrogens is 1130 g/mol. The Morgan fingerprint density at radius 3 is 1.55 bits per heavy atom. The molecule has 0 bridgehead atoms. The first-order valence-corrected chi connectivity index (χ1v) is 22.2. The molecule has 6 rings (SSSR count). The fraction of sp³-hybridized carbons (Fsp3) is 0.318. The van der Waals surface area contributed by atoms with Gasteiger partial charge < -0.3 is 25.2 Å². The Bertz CT molecular complexity index is 2940. The smallest absolute Gasteiger partial charge is 0.456 e. The minimum absolute atomic E-state index is 0.0502. The number of ether oxygens (including phenoxy) is 1. The lowest BCUT2D eigenvalue weighted by atomic mass is 10.0. The van der Waals surface area contributed by atoms with Gasteiger partial charge in [0.25, 0.3) is 5.82 Å². The number of nitrogens with one attached hydrogen (secondary N) is 2. The van der Waals surface area contributed by atoms with Crippen molar-refractivity contribution in [3.05, 3.63) is 124 Å². The summed E-state index contributed by atoms with van der Waals surface area (Å²) in [6.07, 6.45) is -15.6. The first-order valence-electron chi connectivity index (χ1n) is 21.4. The molecule has 0 spiro atoms. The molecule has 78 heavy (non-hydrogen) atoms. The van der Waals surface area contributed by atoms with Crippen LogP contribution < -0.4 is 10.9 Å². The van der Waals surface area contributed by atoms with E-state index in [1.54, 1.807) is 24.3 Å². The van der Waals surface area contributed by atoms with Gasteiger partial charge in [0.1, 0.15) is 18.2 Å². The minimum Gasteiger partial charge on any atom is -0.479 e. The first-order chi connectivity index (χ1) is 36.3. The molecule has 0 saturated carbocycles. The number of aliphatic hydroxyl groups is 3. The van der Waals surface area contributed by atoms with Gasteiger partial charge in [0, 0.05) is 34.3 Å². The number of aliphatic imine (C=N–C) groups is 1. The van der Waals surface area contributed by atoms with Crippen LogP contribution in [-0.4, -0.2) is 150 Å². The van der Waals surface area contributed by atoms with Gasteiger partial charge in [-0.1, -0.05) is 71.7 Å². The number of carboxylic acids is 1. The van der Waals surface area contributed by atoms with Crippen LogP contribution in [0.1, 0.15) is 21.7 Å². The van der Waals surface area contributed by atoms with Gasteiger partial charge in [-0.2, -0.15) is 53.8 Å². The number of rotatable bonds is 19. The molecule has 1 aliphatic heterocycles. The summed E-state index contributed by atoms with van der Waals surface area (Å²) in [6.45, 7) is -5.98. The number of carbonyl (C=O) groups excluding carboxylic acids is 3. The number of amides is 2. The van der Waals surface area contributed by atoms with Crippen LogP contribution in [-0.2, 0) is 39.3 Å². The molecule has 1 aromatic heterocycles.